The molecule has 1 fully saturated rings. The predicted octanol–water partition coefficient (Wildman–Crippen LogP) is 6.70. The van der Waals surface area contributed by atoms with Gasteiger partial charge in [-0.25, -0.2) is 18.6 Å². The molecular weight excluding hydrogens is 424 g/mol. The van der Waals surface area contributed by atoms with Crippen LogP contribution < -0.4 is 5.32 Å². The number of aryl methyl sites for hydroxylation is 1. The van der Waals surface area contributed by atoms with Crippen LogP contribution in [-0.4, -0.2) is 22.5 Å². The lowest BCUT2D eigenvalue weighted by Gasteiger charge is -2.23. The number of rotatable bonds is 4. The molecule has 1 aliphatic heterocycles. The maximum atomic E-state index is 13.7. The van der Waals surface area contributed by atoms with Crippen molar-refractivity contribution in [2.75, 3.05) is 11.9 Å². The van der Waals surface area contributed by atoms with Crippen LogP contribution in [0.5, 0.6) is 0 Å². The van der Waals surface area contributed by atoms with Crippen LogP contribution in [0.15, 0.2) is 65.1 Å². The van der Waals surface area contributed by atoms with Gasteiger partial charge in [-0.3, -0.25) is 0 Å². The van der Waals surface area contributed by atoms with Gasteiger partial charge in [0.15, 0.2) is 17.2 Å². The van der Waals surface area contributed by atoms with Gasteiger partial charge in [0.25, 0.3) is 0 Å². The highest BCUT2D eigenvalue weighted by Gasteiger charge is 2.34. The fourth-order valence-corrected chi connectivity index (χ4v) is 4.35. The number of benzene rings is 3. The van der Waals surface area contributed by atoms with E-state index in [2.05, 4.69) is 17.2 Å². The van der Waals surface area contributed by atoms with Crippen LogP contribution in [0.4, 0.5) is 19.3 Å². The highest BCUT2D eigenvalue weighted by atomic mass is 19.2. The fraction of sp³-hybridized carbons (Fsp3) is 0.231. The first-order valence-corrected chi connectivity index (χ1v) is 11.0. The van der Waals surface area contributed by atoms with E-state index in [1.54, 1.807) is 23.1 Å². The van der Waals surface area contributed by atoms with Crippen molar-refractivity contribution in [3.05, 3.63) is 83.8 Å². The Labute approximate surface area is 190 Å². The number of aromatic nitrogens is 1. The van der Waals surface area contributed by atoms with Crippen molar-refractivity contribution in [2.24, 2.45) is 0 Å². The summed E-state index contributed by atoms with van der Waals surface area (Å²) < 4.78 is 32.9. The van der Waals surface area contributed by atoms with E-state index >= 15 is 0 Å². The second kappa shape index (κ2) is 8.65. The molecule has 0 saturated carbocycles. The molecule has 33 heavy (non-hydrogen) atoms. The van der Waals surface area contributed by atoms with Crippen molar-refractivity contribution >= 4 is 22.8 Å². The van der Waals surface area contributed by atoms with E-state index in [9.17, 15) is 13.6 Å². The van der Waals surface area contributed by atoms with Gasteiger partial charge in [0.05, 0.1) is 0 Å². The molecule has 1 unspecified atom stereocenters. The van der Waals surface area contributed by atoms with Gasteiger partial charge in [-0.05, 0) is 66.3 Å². The third-order valence-electron chi connectivity index (χ3n) is 6.10. The number of para-hydroxylation sites is 1. The number of halogens is 2. The lowest BCUT2D eigenvalue weighted by Crippen LogP contribution is -2.34. The Morgan fingerprint density at radius 3 is 2.70 bits per heavy atom. The normalized spacial score (nSPS) is 15.8. The van der Waals surface area contributed by atoms with Crippen LogP contribution in [0.1, 0.15) is 37.3 Å². The largest absolute Gasteiger partial charge is 0.438 e. The Kier molecular flexibility index (Phi) is 5.54. The molecule has 1 N–H and O–H groups in total. The molecule has 1 saturated heterocycles. The summed E-state index contributed by atoms with van der Waals surface area (Å²) in [5.74, 6) is -1.31. The van der Waals surface area contributed by atoms with E-state index < -0.39 is 11.6 Å². The summed E-state index contributed by atoms with van der Waals surface area (Å²) in [6, 6.07) is 16.4. The van der Waals surface area contributed by atoms with E-state index in [4.69, 9.17) is 4.42 Å². The minimum absolute atomic E-state index is 0.178. The van der Waals surface area contributed by atoms with Gasteiger partial charge in [-0.1, -0.05) is 37.3 Å². The summed E-state index contributed by atoms with van der Waals surface area (Å²) in [5.41, 5.74) is 4.34. The maximum absolute atomic E-state index is 13.7. The number of nitrogens with one attached hydrogen (secondary N) is 1. The third-order valence-corrected chi connectivity index (χ3v) is 6.10. The second-order valence-corrected chi connectivity index (χ2v) is 8.16. The molecule has 3 aromatic carbocycles. The fourth-order valence-electron chi connectivity index (χ4n) is 4.35. The summed E-state index contributed by atoms with van der Waals surface area (Å²) in [6.45, 7) is 2.67. The van der Waals surface area contributed by atoms with Gasteiger partial charge in [0, 0.05) is 12.2 Å². The molecule has 0 bridgehead atoms. The Bertz CT molecular complexity index is 1330. The van der Waals surface area contributed by atoms with E-state index in [-0.39, 0.29) is 12.1 Å². The Morgan fingerprint density at radius 2 is 1.88 bits per heavy atom. The van der Waals surface area contributed by atoms with Gasteiger partial charge in [-0.15, -0.1) is 0 Å². The first kappa shape index (κ1) is 21.1. The lowest BCUT2D eigenvalue weighted by atomic mass is 10.1. The minimum Gasteiger partial charge on any atom is -0.438 e. The summed E-state index contributed by atoms with van der Waals surface area (Å²) >= 11 is 0. The molecule has 168 valence electrons. The maximum Gasteiger partial charge on any atom is 0.322 e. The molecule has 1 atom stereocenters. The molecule has 7 heteroatoms. The molecule has 0 spiro atoms. The Balaban J connectivity index is 1.40. The van der Waals surface area contributed by atoms with Crippen molar-refractivity contribution < 1.29 is 18.0 Å². The molecule has 5 nitrogen and oxygen atoms in total. The summed E-state index contributed by atoms with van der Waals surface area (Å²) in [5, 5.41) is 3.03. The van der Waals surface area contributed by atoms with Crippen LogP contribution in [0, 0.1) is 11.6 Å². The number of nitrogens with zero attached hydrogens (tertiary/aromatic N) is 2. The first-order chi connectivity index (χ1) is 16.0. The number of carbonyl (C=O) groups excluding carboxylic acids is 1. The van der Waals surface area contributed by atoms with Crippen LogP contribution in [0.25, 0.3) is 22.2 Å². The molecule has 2 heterocycles. The van der Waals surface area contributed by atoms with Gasteiger partial charge in [0.2, 0.25) is 5.89 Å². The molecule has 4 aromatic rings. The number of anilines is 1. The summed E-state index contributed by atoms with van der Waals surface area (Å²) in [6.07, 6.45) is 2.43. The van der Waals surface area contributed by atoms with Crippen molar-refractivity contribution in [2.45, 2.75) is 32.2 Å². The van der Waals surface area contributed by atoms with E-state index in [0.717, 1.165) is 42.6 Å². The molecule has 1 aliphatic rings. The van der Waals surface area contributed by atoms with Crippen molar-refractivity contribution in [1.29, 1.82) is 0 Å². The standard InChI is InChI=1S/C26H23F2N3O2/c1-2-16-6-3-4-7-21(16)30-26(32)31-13-5-8-23(31)25-29-22-15-18(10-12-24(22)33-25)17-9-11-19(27)20(28)14-17/h3-4,6-7,9-12,14-15,23H,2,5,8,13H2,1H3,(H,30,32). The predicted molar refractivity (Wildman–Crippen MR) is 123 cm³/mol. The number of likely N-dealkylation sites (tertiary alicyclic amines) is 1. The number of amides is 2. The van der Waals surface area contributed by atoms with Crippen molar-refractivity contribution in [1.82, 2.24) is 9.88 Å². The van der Waals surface area contributed by atoms with E-state index in [0.29, 0.717) is 34.7 Å². The summed E-state index contributed by atoms with van der Waals surface area (Å²) in [7, 11) is 0. The zero-order valence-electron chi connectivity index (χ0n) is 18.1. The zero-order valence-corrected chi connectivity index (χ0v) is 18.1. The molecule has 2 amide bonds. The molecular formula is C26H23F2N3O2. The van der Waals surface area contributed by atoms with Crippen LogP contribution in [0.3, 0.4) is 0 Å². The third kappa shape index (κ3) is 4.06. The highest BCUT2D eigenvalue weighted by Crippen LogP contribution is 2.35. The number of hydrogen-bond donors (Lipinski definition) is 1. The van der Waals surface area contributed by atoms with E-state index in [1.165, 1.54) is 6.07 Å². The Morgan fingerprint density at radius 1 is 1.09 bits per heavy atom. The molecule has 0 aliphatic carbocycles. The van der Waals surface area contributed by atoms with Gasteiger partial charge in [0.1, 0.15) is 11.6 Å². The number of oxazole rings is 1. The monoisotopic (exact) mass is 447 g/mol. The quantitative estimate of drug-likeness (QED) is 0.378. The van der Waals surface area contributed by atoms with E-state index in [1.807, 2.05) is 24.3 Å². The average Bonchev–Trinajstić information content (AvgIpc) is 3.47. The zero-order chi connectivity index (χ0) is 22.9. The molecule has 0 radical (unpaired) electrons. The van der Waals surface area contributed by atoms with Crippen molar-refractivity contribution in [3.8, 4) is 11.1 Å². The Hall–Kier alpha value is -3.74. The first-order valence-electron chi connectivity index (χ1n) is 11.0. The number of hydrogen-bond acceptors (Lipinski definition) is 3. The highest BCUT2D eigenvalue weighted by molar-refractivity contribution is 5.90. The van der Waals surface area contributed by atoms with Crippen LogP contribution in [0.2, 0.25) is 0 Å². The van der Waals surface area contributed by atoms with Crippen LogP contribution in [-0.2, 0) is 6.42 Å². The lowest BCUT2D eigenvalue weighted by molar-refractivity contribution is 0.199. The topological polar surface area (TPSA) is 58.4 Å². The molecule has 5 rings (SSSR count). The number of urea groups is 1. The van der Waals surface area contributed by atoms with Gasteiger partial charge < -0.3 is 14.6 Å². The van der Waals surface area contributed by atoms with Crippen molar-refractivity contribution in [3.63, 3.8) is 0 Å². The van der Waals surface area contributed by atoms with Gasteiger partial charge >= 0.3 is 6.03 Å². The van der Waals surface area contributed by atoms with Gasteiger partial charge in [-0.2, -0.15) is 0 Å². The number of carbonyl (C=O) groups is 1. The second-order valence-electron chi connectivity index (χ2n) is 8.16. The smallest absolute Gasteiger partial charge is 0.322 e. The average molecular weight is 447 g/mol. The van der Waals surface area contributed by atoms with Crippen LogP contribution >= 0.6 is 0 Å². The summed E-state index contributed by atoms with van der Waals surface area (Å²) in [4.78, 5) is 19.5. The minimum atomic E-state index is -0.898. The SMILES string of the molecule is CCc1ccccc1NC(=O)N1CCCC1c1nc2cc(-c3ccc(F)c(F)c3)ccc2o1. The number of fused-ring (bicyclic) bond motifs is 1. The molecule has 1 aromatic heterocycles.